The van der Waals surface area contributed by atoms with Gasteiger partial charge in [0.2, 0.25) is 0 Å². The Bertz CT molecular complexity index is 516. The van der Waals surface area contributed by atoms with Crippen LogP contribution in [0.15, 0.2) is 36.7 Å². The molecule has 2 rings (SSSR count). The van der Waals surface area contributed by atoms with Crippen molar-refractivity contribution in [2.75, 3.05) is 18.5 Å². The molecule has 0 unspecified atom stereocenters. The molecule has 0 radical (unpaired) electrons. The van der Waals surface area contributed by atoms with Crippen LogP contribution in [0.1, 0.15) is 12.6 Å². The molecule has 0 aliphatic carbocycles. The Morgan fingerprint density at radius 1 is 1.21 bits per heavy atom. The summed E-state index contributed by atoms with van der Waals surface area (Å²) in [6.45, 7) is 3.15. The molecule has 1 N–H and O–H groups in total. The third-order valence-corrected chi connectivity index (χ3v) is 2.58. The van der Waals surface area contributed by atoms with E-state index in [1.165, 1.54) is 12.1 Å². The fourth-order valence-corrected chi connectivity index (χ4v) is 1.57. The van der Waals surface area contributed by atoms with E-state index in [1.54, 1.807) is 18.5 Å². The summed E-state index contributed by atoms with van der Waals surface area (Å²) in [6, 6.07) is 7.88. The highest BCUT2D eigenvalue weighted by atomic mass is 19.1. The first-order chi connectivity index (χ1) is 9.28. The molecular weight excluding hydrogens is 245 g/mol. The Hall–Kier alpha value is -2.17. The van der Waals surface area contributed by atoms with E-state index in [9.17, 15) is 4.39 Å². The van der Waals surface area contributed by atoms with Crippen LogP contribution >= 0.6 is 0 Å². The van der Waals surface area contributed by atoms with E-state index in [4.69, 9.17) is 4.74 Å². The first-order valence-electron chi connectivity index (χ1n) is 6.21. The molecule has 0 bridgehead atoms. The largest absolute Gasteiger partial charge is 0.492 e. The van der Waals surface area contributed by atoms with Gasteiger partial charge in [-0.25, -0.2) is 14.4 Å². The third-order valence-electron chi connectivity index (χ3n) is 2.58. The molecule has 4 nitrogen and oxygen atoms in total. The van der Waals surface area contributed by atoms with Crippen LogP contribution in [0.4, 0.5) is 10.2 Å². The second kappa shape index (κ2) is 6.68. The van der Waals surface area contributed by atoms with Crippen molar-refractivity contribution in [3.63, 3.8) is 0 Å². The average molecular weight is 261 g/mol. The lowest BCUT2D eigenvalue weighted by Gasteiger charge is -2.08. The molecule has 0 spiro atoms. The molecule has 100 valence electrons. The lowest BCUT2D eigenvalue weighted by atomic mass is 10.3. The number of hydrogen-bond donors (Lipinski definition) is 1. The SMILES string of the molecule is CCc1cc(NCCOc2ccc(F)cc2)ncn1. The Kier molecular flexibility index (Phi) is 4.66. The summed E-state index contributed by atoms with van der Waals surface area (Å²) in [6.07, 6.45) is 2.42. The van der Waals surface area contributed by atoms with E-state index in [0.29, 0.717) is 18.9 Å². The van der Waals surface area contributed by atoms with Gasteiger partial charge in [-0.3, -0.25) is 0 Å². The Morgan fingerprint density at radius 2 is 2.00 bits per heavy atom. The van der Waals surface area contributed by atoms with E-state index in [1.807, 2.05) is 13.0 Å². The van der Waals surface area contributed by atoms with Gasteiger partial charge in [0, 0.05) is 11.8 Å². The van der Waals surface area contributed by atoms with Crippen LogP contribution in [-0.2, 0) is 6.42 Å². The molecule has 1 aromatic heterocycles. The third kappa shape index (κ3) is 4.21. The summed E-state index contributed by atoms with van der Waals surface area (Å²) in [5.74, 6) is 1.17. The fraction of sp³-hybridized carbons (Fsp3) is 0.286. The van der Waals surface area contributed by atoms with E-state index >= 15 is 0 Å². The summed E-state index contributed by atoms with van der Waals surface area (Å²) < 4.78 is 18.2. The number of halogens is 1. The van der Waals surface area contributed by atoms with Gasteiger partial charge in [-0.1, -0.05) is 6.92 Å². The highest BCUT2D eigenvalue weighted by Gasteiger charge is 1.97. The lowest BCUT2D eigenvalue weighted by Crippen LogP contribution is -2.12. The average Bonchev–Trinajstić information content (AvgIpc) is 2.46. The second-order valence-corrected chi connectivity index (χ2v) is 3.98. The molecule has 0 saturated heterocycles. The van der Waals surface area contributed by atoms with E-state index in [0.717, 1.165) is 17.9 Å². The topological polar surface area (TPSA) is 47.0 Å². The van der Waals surface area contributed by atoms with Crippen LogP contribution in [0.5, 0.6) is 5.75 Å². The number of anilines is 1. The maximum Gasteiger partial charge on any atom is 0.129 e. The molecule has 2 aromatic rings. The normalized spacial score (nSPS) is 10.2. The van der Waals surface area contributed by atoms with Crippen molar-refractivity contribution in [1.82, 2.24) is 9.97 Å². The summed E-state index contributed by atoms with van der Waals surface area (Å²) in [7, 11) is 0. The van der Waals surface area contributed by atoms with Gasteiger partial charge < -0.3 is 10.1 Å². The predicted molar refractivity (Wildman–Crippen MR) is 71.8 cm³/mol. The van der Waals surface area contributed by atoms with Crippen LogP contribution in [0.25, 0.3) is 0 Å². The first kappa shape index (κ1) is 13.3. The Morgan fingerprint density at radius 3 is 2.74 bits per heavy atom. The summed E-state index contributed by atoms with van der Waals surface area (Å²) in [4.78, 5) is 8.24. The molecule has 5 heteroatoms. The molecule has 1 heterocycles. The zero-order chi connectivity index (χ0) is 13.5. The Balaban J connectivity index is 1.75. The van der Waals surface area contributed by atoms with Crippen molar-refractivity contribution in [1.29, 1.82) is 0 Å². The molecule has 19 heavy (non-hydrogen) atoms. The maximum atomic E-state index is 12.7. The van der Waals surface area contributed by atoms with Gasteiger partial charge in [-0.2, -0.15) is 0 Å². The van der Waals surface area contributed by atoms with Gasteiger partial charge in [0.15, 0.2) is 0 Å². The minimum Gasteiger partial charge on any atom is -0.492 e. The number of nitrogens with one attached hydrogen (secondary N) is 1. The van der Waals surface area contributed by atoms with Crippen LogP contribution in [0.2, 0.25) is 0 Å². The van der Waals surface area contributed by atoms with Crippen molar-refractivity contribution in [2.24, 2.45) is 0 Å². The highest BCUT2D eigenvalue weighted by molar-refractivity contribution is 5.34. The van der Waals surface area contributed by atoms with Gasteiger partial charge in [0.25, 0.3) is 0 Å². The molecule has 0 aliphatic rings. The number of ether oxygens (including phenoxy) is 1. The van der Waals surface area contributed by atoms with Crippen molar-refractivity contribution in [3.8, 4) is 5.75 Å². The second-order valence-electron chi connectivity index (χ2n) is 3.98. The van der Waals surface area contributed by atoms with E-state index in [-0.39, 0.29) is 5.82 Å². The molecule has 0 saturated carbocycles. The maximum absolute atomic E-state index is 12.7. The van der Waals surface area contributed by atoms with Gasteiger partial charge in [0.1, 0.15) is 30.3 Å². The summed E-state index contributed by atoms with van der Waals surface area (Å²) in [5.41, 5.74) is 0.997. The standard InChI is InChI=1S/C14H16FN3O/c1-2-12-9-14(18-10-17-12)16-7-8-19-13-5-3-11(15)4-6-13/h3-6,9-10H,2,7-8H2,1H3,(H,16,17,18). The van der Waals surface area contributed by atoms with Crippen LogP contribution in [0, 0.1) is 5.82 Å². The molecular formula is C14H16FN3O. The zero-order valence-corrected chi connectivity index (χ0v) is 10.8. The van der Waals surface area contributed by atoms with Gasteiger partial charge in [-0.15, -0.1) is 0 Å². The molecule has 0 aliphatic heterocycles. The van der Waals surface area contributed by atoms with Crippen LogP contribution in [0.3, 0.4) is 0 Å². The number of benzene rings is 1. The monoisotopic (exact) mass is 261 g/mol. The lowest BCUT2D eigenvalue weighted by molar-refractivity contribution is 0.332. The van der Waals surface area contributed by atoms with Gasteiger partial charge >= 0.3 is 0 Å². The predicted octanol–water partition coefficient (Wildman–Crippen LogP) is 2.67. The fourth-order valence-electron chi connectivity index (χ4n) is 1.57. The number of hydrogen-bond acceptors (Lipinski definition) is 4. The van der Waals surface area contributed by atoms with E-state index in [2.05, 4.69) is 15.3 Å². The van der Waals surface area contributed by atoms with Crippen molar-refractivity contribution in [2.45, 2.75) is 13.3 Å². The minimum atomic E-state index is -0.265. The number of aromatic nitrogens is 2. The summed E-state index contributed by atoms with van der Waals surface area (Å²) >= 11 is 0. The number of aryl methyl sites for hydroxylation is 1. The van der Waals surface area contributed by atoms with Gasteiger partial charge in [0.05, 0.1) is 6.54 Å². The smallest absolute Gasteiger partial charge is 0.129 e. The number of nitrogens with zero attached hydrogens (tertiary/aromatic N) is 2. The van der Waals surface area contributed by atoms with Crippen molar-refractivity contribution < 1.29 is 9.13 Å². The number of rotatable bonds is 6. The molecule has 0 amide bonds. The Labute approximate surface area is 111 Å². The first-order valence-corrected chi connectivity index (χ1v) is 6.21. The molecule has 1 aromatic carbocycles. The van der Waals surface area contributed by atoms with Crippen LogP contribution < -0.4 is 10.1 Å². The van der Waals surface area contributed by atoms with Crippen LogP contribution in [-0.4, -0.2) is 23.1 Å². The molecule has 0 atom stereocenters. The zero-order valence-electron chi connectivity index (χ0n) is 10.8. The van der Waals surface area contributed by atoms with E-state index < -0.39 is 0 Å². The van der Waals surface area contributed by atoms with Gasteiger partial charge in [-0.05, 0) is 30.7 Å². The minimum absolute atomic E-state index is 0.265. The quantitative estimate of drug-likeness (QED) is 0.812. The highest BCUT2D eigenvalue weighted by Crippen LogP contribution is 2.10. The molecule has 0 fully saturated rings. The van der Waals surface area contributed by atoms with Crippen molar-refractivity contribution >= 4 is 5.82 Å². The summed E-state index contributed by atoms with van der Waals surface area (Å²) in [5, 5.41) is 3.15. The van der Waals surface area contributed by atoms with Crippen molar-refractivity contribution in [3.05, 3.63) is 48.2 Å².